The third-order valence-corrected chi connectivity index (χ3v) is 8.38. The Hall–Kier alpha value is -2.79. The number of sulfonamides is 1. The maximum atomic E-state index is 13.0. The maximum Gasteiger partial charge on any atom is 0.290 e. The molecule has 0 bridgehead atoms. The highest BCUT2D eigenvalue weighted by Gasteiger charge is 2.42. The van der Waals surface area contributed by atoms with Gasteiger partial charge in [-0.25, -0.2) is 17.7 Å². The molecule has 2 aliphatic heterocycles. The van der Waals surface area contributed by atoms with Crippen LogP contribution < -0.4 is 0 Å². The minimum absolute atomic E-state index is 0.0281. The van der Waals surface area contributed by atoms with Crippen LogP contribution in [0.25, 0.3) is 5.65 Å². The largest absolute Gasteiger partial charge is 0.483 e. The highest BCUT2D eigenvalue weighted by molar-refractivity contribution is 7.89. The van der Waals surface area contributed by atoms with Crippen molar-refractivity contribution in [2.75, 3.05) is 38.7 Å². The van der Waals surface area contributed by atoms with Crippen LogP contribution in [0.1, 0.15) is 24.1 Å². The molecule has 34 heavy (non-hydrogen) atoms. The molecule has 2 aromatic heterocycles. The smallest absolute Gasteiger partial charge is 0.290 e. The van der Waals surface area contributed by atoms with Gasteiger partial charge in [-0.15, -0.1) is 0 Å². The summed E-state index contributed by atoms with van der Waals surface area (Å²) in [7, 11) is -3.42. The predicted octanol–water partition coefficient (Wildman–Crippen LogP) is 2.16. The van der Waals surface area contributed by atoms with Crippen LogP contribution >= 0.6 is 0 Å². The van der Waals surface area contributed by atoms with Crippen molar-refractivity contribution in [3.05, 3.63) is 72.2 Å². The summed E-state index contributed by atoms with van der Waals surface area (Å²) in [6, 6.07) is 16.3. The van der Waals surface area contributed by atoms with Gasteiger partial charge in [-0.2, -0.15) is 0 Å². The van der Waals surface area contributed by atoms with Crippen molar-refractivity contribution in [3.63, 3.8) is 0 Å². The molecular formula is C24H29N3O6S. The molecule has 182 valence electrons. The number of aromatic nitrogens is 2. The van der Waals surface area contributed by atoms with Crippen molar-refractivity contribution in [3.8, 4) is 0 Å². The molecule has 1 N–H and O–H groups in total. The van der Waals surface area contributed by atoms with Crippen LogP contribution in [0.2, 0.25) is 0 Å². The van der Waals surface area contributed by atoms with Crippen LogP contribution in [0.4, 0.5) is 0 Å². The number of carbonyl (C=O) groups is 1. The highest BCUT2D eigenvalue weighted by atomic mass is 32.2. The van der Waals surface area contributed by atoms with Crippen LogP contribution in [0.15, 0.2) is 60.9 Å². The van der Waals surface area contributed by atoms with E-state index in [0.29, 0.717) is 45.8 Å². The van der Waals surface area contributed by atoms with E-state index < -0.39 is 16.1 Å². The number of hydrogen-bond acceptors (Lipinski definition) is 6. The minimum atomic E-state index is -3.42. The third kappa shape index (κ3) is 5.15. The number of hydrogen-bond donors (Lipinski definition) is 1. The molecule has 1 aromatic carbocycles. The Morgan fingerprint density at radius 3 is 2.44 bits per heavy atom. The first kappa shape index (κ1) is 24.3. The summed E-state index contributed by atoms with van der Waals surface area (Å²) in [5, 5.41) is 6.89. The lowest BCUT2D eigenvalue weighted by Crippen LogP contribution is -2.48. The summed E-state index contributed by atoms with van der Waals surface area (Å²) in [5.74, 6) is -0.0281. The number of rotatable bonds is 5. The zero-order valence-electron chi connectivity index (χ0n) is 18.8. The quantitative estimate of drug-likeness (QED) is 0.549. The minimum Gasteiger partial charge on any atom is -0.483 e. The first-order valence-corrected chi connectivity index (χ1v) is 12.8. The summed E-state index contributed by atoms with van der Waals surface area (Å²) in [6.07, 6.45) is 5.05. The Morgan fingerprint density at radius 1 is 1.09 bits per heavy atom. The standard InChI is InChI=1S/C23H27N3O4S.CH2O2/c27-31(28,18-20-17-29-14-15-30-20)26-12-9-23(10-13-26,19-6-2-1-3-7-19)21-16-25-11-5-4-8-22(25)24-21;2-1-3/h1-8,11,16,20H,9-10,12-15,17-18H2;1H,(H,2,3). The topological polar surface area (TPSA) is 110 Å². The Balaban J connectivity index is 0.000000868. The molecule has 2 fully saturated rings. The second-order valence-corrected chi connectivity index (χ2v) is 10.4. The van der Waals surface area contributed by atoms with Gasteiger partial charge in [0.25, 0.3) is 6.47 Å². The SMILES string of the molecule is O=CO.O=S(=O)(CC1COCCO1)N1CCC(c2ccccc2)(c2cn3ccccc3n2)CC1. The number of fused-ring (bicyclic) bond motifs is 1. The summed E-state index contributed by atoms with van der Waals surface area (Å²) >= 11 is 0. The number of carboxylic acid groups (broad SMARTS) is 1. The average Bonchev–Trinajstić information content (AvgIpc) is 3.30. The van der Waals surface area contributed by atoms with Crippen molar-refractivity contribution in [1.82, 2.24) is 13.7 Å². The second-order valence-electron chi connectivity index (χ2n) is 8.39. The molecule has 1 atom stereocenters. The molecule has 2 saturated heterocycles. The lowest BCUT2D eigenvalue weighted by atomic mass is 9.71. The molecule has 5 rings (SSSR count). The van der Waals surface area contributed by atoms with Crippen molar-refractivity contribution in [2.24, 2.45) is 0 Å². The Kier molecular flexibility index (Phi) is 7.62. The van der Waals surface area contributed by atoms with Crippen LogP contribution in [0.3, 0.4) is 0 Å². The van der Waals surface area contributed by atoms with Gasteiger partial charge in [0.2, 0.25) is 10.0 Å². The summed E-state index contributed by atoms with van der Waals surface area (Å²) in [4.78, 5) is 13.3. The molecule has 0 saturated carbocycles. The van der Waals surface area contributed by atoms with Gasteiger partial charge in [0.1, 0.15) is 5.65 Å². The van der Waals surface area contributed by atoms with Crippen LogP contribution in [0.5, 0.6) is 0 Å². The van der Waals surface area contributed by atoms with Gasteiger partial charge in [0, 0.05) is 30.9 Å². The molecule has 1 unspecified atom stereocenters. The molecule has 0 aliphatic carbocycles. The van der Waals surface area contributed by atoms with E-state index in [9.17, 15) is 8.42 Å². The molecule has 3 aromatic rings. The first-order chi connectivity index (χ1) is 16.5. The van der Waals surface area contributed by atoms with E-state index in [4.69, 9.17) is 24.4 Å². The van der Waals surface area contributed by atoms with E-state index in [-0.39, 0.29) is 17.6 Å². The summed E-state index contributed by atoms with van der Waals surface area (Å²) in [5.41, 5.74) is 2.76. The van der Waals surface area contributed by atoms with Gasteiger partial charge in [-0.1, -0.05) is 36.4 Å². The first-order valence-electron chi connectivity index (χ1n) is 11.2. The zero-order valence-corrected chi connectivity index (χ0v) is 19.6. The third-order valence-electron chi connectivity index (χ3n) is 6.43. The maximum absolute atomic E-state index is 13.0. The monoisotopic (exact) mass is 487 g/mol. The van der Waals surface area contributed by atoms with E-state index in [1.807, 2.05) is 47.0 Å². The molecule has 0 radical (unpaired) electrons. The summed E-state index contributed by atoms with van der Waals surface area (Å²) < 4.78 is 40.7. The van der Waals surface area contributed by atoms with Crippen LogP contribution in [-0.4, -0.2) is 78.5 Å². The zero-order chi connectivity index (χ0) is 24.0. The lowest BCUT2D eigenvalue weighted by molar-refractivity contribution is -0.122. The van der Waals surface area contributed by atoms with Gasteiger partial charge in [0.05, 0.1) is 37.4 Å². The normalized spacial score (nSPS) is 20.9. The molecule has 9 nitrogen and oxygen atoms in total. The average molecular weight is 488 g/mol. The highest BCUT2D eigenvalue weighted by Crippen LogP contribution is 2.42. The van der Waals surface area contributed by atoms with Crippen LogP contribution in [0, 0.1) is 0 Å². The van der Waals surface area contributed by atoms with Gasteiger partial charge < -0.3 is 19.0 Å². The molecule has 4 heterocycles. The Labute approximate surface area is 199 Å². The van der Waals surface area contributed by atoms with Crippen molar-refractivity contribution in [1.29, 1.82) is 0 Å². The lowest BCUT2D eigenvalue weighted by Gasteiger charge is -2.41. The molecule has 2 aliphatic rings. The number of ether oxygens (including phenoxy) is 2. The number of piperidine rings is 1. The van der Waals surface area contributed by atoms with E-state index in [0.717, 1.165) is 11.3 Å². The molecule has 0 spiro atoms. The fourth-order valence-electron chi connectivity index (χ4n) is 4.73. The van der Waals surface area contributed by atoms with Gasteiger partial charge in [0.15, 0.2) is 0 Å². The van der Waals surface area contributed by atoms with Crippen molar-refractivity contribution in [2.45, 2.75) is 24.4 Å². The fraction of sp³-hybridized carbons (Fsp3) is 0.417. The van der Waals surface area contributed by atoms with Gasteiger partial charge >= 0.3 is 0 Å². The van der Waals surface area contributed by atoms with E-state index in [1.165, 1.54) is 5.56 Å². The summed E-state index contributed by atoms with van der Waals surface area (Å²) in [6.45, 7) is 1.98. The number of pyridine rings is 1. The number of benzene rings is 1. The van der Waals surface area contributed by atoms with Crippen LogP contribution in [-0.2, 0) is 29.7 Å². The van der Waals surface area contributed by atoms with E-state index >= 15 is 0 Å². The molecule has 10 heteroatoms. The second kappa shape index (κ2) is 10.6. The predicted molar refractivity (Wildman–Crippen MR) is 126 cm³/mol. The van der Waals surface area contributed by atoms with Crippen molar-refractivity contribution >= 4 is 22.1 Å². The Bertz CT molecular complexity index is 1150. The van der Waals surface area contributed by atoms with Gasteiger partial charge in [-0.05, 0) is 30.5 Å². The molecule has 0 amide bonds. The number of imidazole rings is 1. The van der Waals surface area contributed by atoms with E-state index in [2.05, 4.69) is 18.3 Å². The van der Waals surface area contributed by atoms with Crippen molar-refractivity contribution < 1.29 is 27.8 Å². The van der Waals surface area contributed by atoms with Gasteiger partial charge in [-0.3, -0.25) is 4.79 Å². The number of nitrogens with zero attached hydrogens (tertiary/aromatic N) is 3. The molecular weight excluding hydrogens is 458 g/mol. The Morgan fingerprint density at radius 2 is 1.79 bits per heavy atom. The van der Waals surface area contributed by atoms with E-state index in [1.54, 1.807) is 4.31 Å². The fourth-order valence-corrected chi connectivity index (χ4v) is 6.35.